The van der Waals surface area contributed by atoms with Crippen LogP contribution < -0.4 is 5.19 Å². The summed E-state index contributed by atoms with van der Waals surface area (Å²) < 4.78 is 0. The van der Waals surface area contributed by atoms with Crippen molar-refractivity contribution in [2.24, 2.45) is 17.8 Å². The predicted molar refractivity (Wildman–Crippen MR) is 233 cm³/mol. The number of hydrogen-bond donors (Lipinski definition) is 0. The van der Waals surface area contributed by atoms with Crippen molar-refractivity contribution in [2.45, 2.75) is 82.8 Å². The highest BCUT2D eigenvalue weighted by molar-refractivity contribution is 6.88. The van der Waals surface area contributed by atoms with Crippen LogP contribution in [0.1, 0.15) is 69.1 Å². The van der Waals surface area contributed by atoms with Crippen molar-refractivity contribution in [1.29, 1.82) is 0 Å². The maximum Gasteiger partial charge on any atom is 0.187 e. The van der Waals surface area contributed by atoms with Gasteiger partial charge in [-0.1, -0.05) is 142 Å². The Morgan fingerprint density at radius 2 is 1.15 bits per heavy atom. The minimum atomic E-state index is -1.42. The Morgan fingerprint density at radius 1 is 0.582 bits per heavy atom. The Morgan fingerprint density at radius 3 is 1.73 bits per heavy atom. The fourth-order valence-electron chi connectivity index (χ4n) is 11.5. The van der Waals surface area contributed by atoms with Gasteiger partial charge >= 0.3 is 0 Å². The van der Waals surface area contributed by atoms with Crippen molar-refractivity contribution < 1.29 is 0 Å². The smallest absolute Gasteiger partial charge is 0.187 e. The zero-order chi connectivity index (χ0) is 37.7. The topological polar surface area (TPSA) is 17.2 Å². The summed E-state index contributed by atoms with van der Waals surface area (Å²) in [6.07, 6.45) is 8.58. The van der Waals surface area contributed by atoms with Gasteiger partial charge in [0.1, 0.15) is 0 Å². The molecule has 1 aromatic heterocycles. The van der Waals surface area contributed by atoms with E-state index in [-0.39, 0.29) is 5.41 Å². The van der Waals surface area contributed by atoms with Crippen LogP contribution in [0.3, 0.4) is 0 Å². The first-order valence-corrected chi connectivity index (χ1v) is 24.0. The number of fused-ring (bicyclic) bond motifs is 3. The number of nitrogens with zero attached hydrogens (tertiary/aromatic N) is 2. The molecular weight excluding hydrogens is 681 g/mol. The van der Waals surface area contributed by atoms with Crippen molar-refractivity contribution >= 4 is 18.9 Å². The molecule has 4 bridgehead atoms. The lowest BCUT2D eigenvalue weighted by Gasteiger charge is -2.57. The maximum absolute atomic E-state index is 7.69. The molecule has 0 saturated heterocycles. The summed E-state index contributed by atoms with van der Waals surface area (Å²) in [5.41, 5.74) is 16.7. The molecule has 0 amide bonds. The summed E-state index contributed by atoms with van der Waals surface area (Å²) in [5.74, 6) is 2.82. The monoisotopic (exact) mass is 730 g/mol. The SMILES string of the molecule is [C-]#[N+]c1ccc2c(c1)-c1c(-c3ccc(-c4cc(-c5ccc(C67CC8CC(CC(C8)C6)C7)cc5)nc(-c5ccc([Si](C)(C)C)cc5)c4)cc3)cccc1C2(C)C. The standard InChI is InChI=1S/C52H50N2Si/c1-51(2)46-23-20-42(53-3)29-45(46)50-44(8-7-9-47(50)51)37-12-10-36(11-13-37)40-27-48(54-49(28-40)39-16-21-43(22-17-39)55(4,5)6)38-14-18-41(19-15-38)52-30-33-24-34(31-52)26-35(25-33)32-52/h7-23,27-29,33-35H,24-26,30-32H2,1-2,4-6H3. The second-order valence-corrected chi connectivity index (χ2v) is 24.1. The molecule has 0 aliphatic heterocycles. The summed E-state index contributed by atoms with van der Waals surface area (Å²) in [5, 5.41) is 1.47. The largest absolute Gasteiger partial charge is 0.248 e. The van der Waals surface area contributed by atoms with E-state index >= 15 is 0 Å². The van der Waals surface area contributed by atoms with Crippen LogP contribution in [-0.4, -0.2) is 13.1 Å². The van der Waals surface area contributed by atoms with E-state index in [1.54, 1.807) is 5.56 Å². The minimum Gasteiger partial charge on any atom is -0.248 e. The molecule has 272 valence electrons. The molecule has 5 aliphatic carbocycles. The Balaban J connectivity index is 1.03. The van der Waals surface area contributed by atoms with Crippen molar-refractivity contribution in [1.82, 2.24) is 4.98 Å². The summed E-state index contributed by atoms with van der Waals surface area (Å²) in [6, 6.07) is 45.4. The quantitative estimate of drug-likeness (QED) is 0.123. The van der Waals surface area contributed by atoms with E-state index in [9.17, 15) is 0 Å². The third kappa shape index (κ3) is 5.75. The van der Waals surface area contributed by atoms with E-state index in [1.807, 2.05) is 6.07 Å². The van der Waals surface area contributed by atoms with Crippen LogP contribution in [0, 0.1) is 24.3 Å². The molecule has 55 heavy (non-hydrogen) atoms. The van der Waals surface area contributed by atoms with Gasteiger partial charge in [-0.25, -0.2) is 9.83 Å². The molecule has 3 heteroatoms. The van der Waals surface area contributed by atoms with E-state index in [2.05, 4.69) is 154 Å². The van der Waals surface area contributed by atoms with Gasteiger partial charge in [0.25, 0.3) is 0 Å². The fraction of sp³-hybridized carbons (Fsp3) is 0.308. The molecule has 2 nitrogen and oxygen atoms in total. The highest BCUT2D eigenvalue weighted by atomic mass is 28.3. The molecule has 5 aromatic carbocycles. The van der Waals surface area contributed by atoms with Crippen LogP contribution in [0.2, 0.25) is 19.6 Å². The third-order valence-corrected chi connectivity index (χ3v) is 16.1. The molecule has 4 fully saturated rings. The lowest BCUT2D eigenvalue weighted by Crippen LogP contribution is -2.48. The first-order chi connectivity index (χ1) is 26.5. The van der Waals surface area contributed by atoms with Crippen LogP contribution >= 0.6 is 0 Å². The Hall–Kier alpha value is -5.04. The van der Waals surface area contributed by atoms with Crippen LogP contribution in [-0.2, 0) is 10.8 Å². The van der Waals surface area contributed by atoms with Gasteiger partial charge in [-0.05, 0) is 130 Å². The molecule has 1 heterocycles. The zero-order valence-electron chi connectivity index (χ0n) is 32.9. The van der Waals surface area contributed by atoms with Gasteiger partial charge in [0, 0.05) is 16.5 Å². The van der Waals surface area contributed by atoms with Crippen molar-refractivity contribution in [3.05, 3.63) is 149 Å². The van der Waals surface area contributed by atoms with Crippen LogP contribution in [0.15, 0.2) is 121 Å². The van der Waals surface area contributed by atoms with Gasteiger partial charge in [0.05, 0.1) is 26.0 Å². The van der Waals surface area contributed by atoms with Crippen molar-refractivity contribution in [3.8, 4) is 55.9 Å². The van der Waals surface area contributed by atoms with E-state index < -0.39 is 8.07 Å². The molecule has 0 atom stereocenters. The van der Waals surface area contributed by atoms with Crippen LogP contribution in [0.4, 0.5) is 5.69 Å². The van der Waals surface area contributed by atoms with Crippen LogP contribution in [0.5, 0.6) is 0 Å². The first-order valence-electron chi connectivity index (χ1n) is 20.5. The van der Waals surface area contributed by atoms with Gasteiger partial charge < -0.3 is 0 Å². The summed E-state index contributed by atoms with van der Waals surface area (Å²) in [4.78, 5) is 9.13. The average molecular weight is 731 g/mol. The minimum absolute atomic E-state index is 0.119. The average Bonchev–Trinajstić information content (AvgIpc) is 3.42. The number of benzene rings is 5. The van der Waals surface area contributed by atoms with Gasteiger partial charge in [-0.2, -0.15) is 0 Å². The number of hydrogen-bond acceptors (Lipinski definition) is 1. The molecule has 11 rings (SSSR count). The zero-order valence-corrected chi connectivity index (χ0v) is 33.9. The van der Waals surface area contributed by atoms with Gasteiger partial charge in [-0.15, -0.1) is 0 Å². The molecule has 0 radical (unpaired) electrons. The molecule has 6 aromatic rings. The Bertz CT molecular complexity index is 2470. The summed E-state index contributed by atoms with van der Waals surface area (Å²) in [7, 11) is -1.42. The van der Waals surface area contributed by atoms with Gasteiger partial charge in [0.15, 0.2) is 5.69 Å². The summed E-state index contributed by atoms with van der Waals surface area (Å²) in [6.45, 7) is 19.5. The van der Waals surface area contributed by atoms with E-state index in [1.165, 1.54) is 93.8 Å². The number of aromatic nitrogens is 1. The molecule has 4 saturated carbocycles. The molecule has 0 N–H and O–H groups in total. The molecule has 5 aliphatic rings. The second kappa shape index (κ2) is 12.5. The second-order valence-electron chi connectivity index (χ2n) is 19.0. The van der Waals surface area contributed by atoms with Gasteiger partial charge in [0.2, 0.25) is 0 Å². The van der Waals surface area contributed by atoms with E-state index in [0.717, 1.165) is 34.7 Å². The van der Waals surface area contributed by atoms with E-state index in [4.69, 9.17) is 11.6 Å². The molecule has 0 spiro atoms. The maximum atomic E-state index is 7.69. The third-order valence-electron chi connectivity index (χ3n) is 14.0. The fourth-order valence-corrected chi connectivity index (χ4v) is 12.7. The molecular formula is C52H50N2Si. The molecule has 0 unspecified atom stereocenters. The van der Waals surface area contributed by atoms with Gasteiger partial charge in [-0.3, -0.25) is 0 Å². The number of pyridine rings is 1. The summed E-state index contributed by atoms with van der Waals surface area (Å²) >= 11 is 0. The predicted octanol–water partition coefficient (Wildman–Crippen LogP) is 13.6. The highest BCUT2D eigenvalue weighted by Crippen LogP contribution is 2.61. The lowest BCUT2D eigenvalue weighted by molar-refractivity contribution is -0.00518. The Labute approximate surface area is 328 Å². The highest BCUT2D eigenvalue weighted by Gasteiger charge is 2.51. The Kier molecular flexibility index (Phi) is 7.82. The van der Waals surface area contributed by atoms with Crippen LogP contribution in [0.25, 0.3) is 60.7 Å². The first kappa shape index (κ1) is 34.4. The number of rotatable bonds is 6. The van der Waals surface area contributed by atoms with Crippen molar-refractivity contribution in [2.75, 3.05) is 0 Å². The lowest BCUT2D eigenvalue weighted by atomic mass is 9.48. The van der Waals surface area contributed by atoms with E-state index in [0.29, 0.717) is 11.1 Å². The normalized spacial score (nSPS) is 22.9. The van der Waals surface area contributed by atoms with Crippen molar-refractivity contribution in [3.63, 3.8) is 0 Å².